The average molecular weight is 571 g/mol. The van der Waals surface area contributed by atoms with Crippen LogP contribution in [0.2, 0.25) is 0 Å². The molecule has 2 aromatic heterocycles. The fraction of sp³-hybridized carbons (Fsp3) is 0.379. The zero-order valence-electron chi connectivity index (χ0n) is 23.3. The summed E-state index contributed by atoms with van der Waals surface area (Å²) in [6.07, 6.45) is -2.83. The summed E-state index contributed by atoms with van der Waals surface area (Å²) in [4.78, 5) is 36.6. The average Bonchev–Trinajstić information content (AvgIpc) is 2.93. The van der Waals surface area contributed by atoms with Crippen LogP contribution in [-0.2, 0) is 6.18 Å². The molecular weight excluding hydrogens is 537 g/mol. The molecule has 12 heteroatoms. The van der Waals surface area contributed by atoms with E-state index in [1.807, 2.05) is 19.9 Å². The van der Waals surface area contributed by atoms with Crippen molar-refractivity contribution in [2.24, 2.45) is 0 Å². The Morgan fingerprint density at radius 1 is 1.10 bits per heavy atom. The molecule has 3 heterocycles. The molecule has 2 atom stereocenters. The van der Waals surface area contributed by atoms with Crippen molar-refractivity contribution >= 4 is 17.6 Å². The van der Waals surface area contributed by atoms with E-state index in [1.54, 1.807) is 25.3 Å². The van der Waals surface area contributed by atoms with Gasteiger partial charge in [-0.1, -0.05) is 6.07 Å². The number of hydrogen-bond donors (Lipinski definition) is 3. The van der Waals surface area contributed by atoms with Crippen LogP contribution in [-0.4, -0.2) is 66.0 Å². The standard InChI is InChI=1S/C29H33F3N6O3/c1-17-6-5-8-36-26(17)37-28(40)21-14-22(27(39)33-4)24(12-18(21)2)41-25(16-38-11-10-34-19(3)15-38)23-13-20(7-9-35-23)29(30,31)32/h5-9,12-14,19,25,34H,10-11,15-16H2,1-4H3,(H,33,39)(H,36,37,40)/t19-,25?/m1/s1. The van der Waals surface area contributed by atoms with Crippen LogP contribution in [0.25, 0.3) is 0 Å². The van der Waals surface area contributed by atoms with Gasteiger partial charge >= 0.3 is 6.18 Å². The number of hydrogen-bond acceptors (Lipinski definition) is 7. The number of amides is 2. The van der Waals surface area contributed by atoms with Gasteiger partial charge in [0.15, 0.2) is 6.10 Å². The lowest BCUT2D eigenvalue weighted by Crippen LogP contribution is -2.50. The van der Waals surface area contributed by atoms with Gasteiger partial charge in [-0.05, 0) is 62.2 Å². The third-order valence-electron chi connectivity index (χ3n) is 6.87. The number of carbonyl (C=O) groups excluding carboxylic acids is 2. The van der Waals surface area contributed by atoms with Crippen LogP contribution in [0, 0.1) is 13.8 Å². The van der Waals surface area contributed by atoms with E-state index in [-0.39, 0.29) is 35.2 Å². The van der Waals surface area contributed by atoms with Gasteiger partial charge in [-0.25, -0.2) is 4.98 Å². The molecule has 2 amide bonds. The van der Waals surface area contributed by atoms with Gasteiger partial charge in [0.25, 0.3) is 11.8 Å². The smallest absolute Gasteiger partial charge is 0.416 e. The van der Waals surface area contributed by atoms with Crippen molar-refractivity contribution in [3.8, 4) is 5.75 Å². The van der Waals surface area contributed by atoms with Gasteiger partial charge in [0.2, 0.25) is 0 Å². The topological polar surface area (TPSA) is 108 Å². The Kier molecular flexibility index (Phi) is 9.24. The van der Waals surface area contributed by atoms with Crippen molar-refractivity contribution in [2.45, 2.75) is 39.1 Å². The largest absolute Gasteiger partial charge is 0.482 e. The first-order chi connectivity index (χ1) is 19.5. The number of nitrogens with zero attached hydrogens (tertiary/aromatic N) is 3. The second-order valence-corrected chi connectivity index (χ2v) is 10.1. The van der Waals surface area contributed by atoms with Gasteiger partial charge in [-0.2, -0.15) is 13.2 Å². The molecule has 1 unspecified atom stereocenters. The molecule has 9 nitrogen and oxygen atoms in total. The van der Waals surface area contributed by atoms with E-state index in [0.29, 0.717) is 31.0 Å². The normalized spacial score (nSPS) is 16.6. The quantitative estimate of drug-likeness (QED) is 0.374. The maximum atomic E-state index is 13.6. The number of rotatable bonds is 8. The minimum absolute atomic E-state index is 0.0617. The Hall–Kier alpha value is -4.03. The van der Waals surface area contributed by atoms with Gasteiger partial charge in [0.05, 0.1) is 16.8 Å². The van der Waals surface area contributed by atoms with Gasteiger partial charge in [-0.3, -0.25) is 19.5 Å². The molecule has 1 aliphatic rings. The molecule has 1 aromatic carbocycles. The van der Waals surface area contributed by atoms with E-state index >= 15 is 0 Å². The predicted octanol–water partition coefficient (Wildman–Crippen LogP) is 4.14. The first-order valence-corrected chi connectivity index (χ1v) is 13.2. The molecule has 4 rings (SSSR count). The number of alkyl halides is 3. The summed E-state index contributed by atoms with van der Waals surface area (Å²) in [5, 5.41) is 8.65. The van der Waals surface area contributed by atoms with E-state index in [1.165, 1.54) is 13.1 Å². The van der Waals surface area contributed by atoms with Crippen molar-refractivity contribution in [3.05, 3.63) is 82.3 Å². The highest BCUT2D eigenvalue weighted by Gasteiger charge is 2.33. The Bertz CT molecular complexity index is 1410. The molecule has 3 aromatic rings. The zero-order valence-corrected chi connectivity index (χ0v) is 23.3. The van der Waals surface area contributed by atoms with Crippen LogP contribution in [0.5, 0.6) is 5.75 Å². The lowest BCUT2D eigenvalue weighted by atomic mass is 10.0. The van der Waals surface area contributed by atoms with Gasteiger partial charge in [0, 0.05) is 57.2 Å². The molecule has 0 saturated carbocycles. The number of nitrogens with one attached hydrogen (secondary N) is 3. The first-order valence-electron chi connectivity index (χ1n) is 13.2. The van der Waals surface area contributed by atoms with Gasteiger partial charge < -0.3 is 20.7 Å². The Labute approximate surface area is 236 Å². The molecule has 0 bridgehead atoms. The third-order valence-corrected chi connectivity index (χ3v) is 6.87. The van der Waals surface area contributed by atoms with Crippen molar-refractivity contribution in [1.29, 1.82) is 0 Å². The molecule has 0 aliphatic carbocycles. The van der Waals surface area contributed by atoms with Crippen molar-refractivity contribution in [3.63, 3.8) is 0 Å². The maximum absolute atomic E-state index is 13.6. The second kappa shape index (κ2) is 12.6. The fourth-order valence-electron chi connectivity index (χ4n) is 4.68. The monoisotopic (exact) mass is 570 g/mol. The second-order valence-electron chi connectivity index (χ2n) is 10.1. The van der Waals surface area contributed by atoms with E-state index in [2.05, 4.69) is 30.8 Å². The molecular formula is C29H33F3N6O3. The maximum Gasteiger partial charge on any atom is 0.416 e. The lowest BCUT2D eigenvalue weighted by Gasteiger charge is -2.34. The van der Waals surface area contributed by atoms with E-state index in [0.717, 1.165) is 23.9 Å². The lowest BCUT2D eigenvalue weighted by molar-refractivity contribution is -0.137. The van der Waals surface area contributed by atoms with Gasteiger partial charge in [-0.15, -0.1) is 0 Å². The van der Waals surface area contributed by atoms with Crippen LogP contribution < -0.4 is 20.7 Å². The number of anilines is 1. The molecule has 218 valence electrons. The highest BCUT2D eigenvalue weighted by Crippen LogP contribution is 2.33. The zero-order chi connectivity index (χ0) is 29.7. The number of halogens is 3. The van der Waals surface area contributed by atoms with Crippen molar-refractivity contribution < 1.29 is 27.5 Å². The predicted molar refractivity (Wildman–Crippen MR) is 148 cm³/mol. The Morgan fingerprint density at radius 3 is 2.56 bits per heavy atom. The first kappa shape index (κ1) is 29.9. The molecule has 3 N–H and O–H groups in total. The molecule has 41 heavy (non-hydrogen) atoms. The fourth-order valence-corrected chi connectivity index (χ4v) is 4.68. The van der Waals surface area contributed by atoms with Crippen LogP contribution in [0.4, 0.5) is 19.0 Å². The number of benzene rings is 1. The molecule has 0 spiro atoms. The number of ether oxygens (including phenoxy) is 1. The van der Waals surface area contributed by atoms with Crippen LogP contribution in [0.15, 0.2) is 48.8 Å². The minimum Gasteiger partial charge on any atom is -0.482 e. The molecule has 1 fully saturated rings. The number of piperazine rings is 1. The highest BCUT2D eigenvalue weighted by molar-refractivity contribution is 6.07. The van der Waals surface area contributed by atoms with Crippen molar-refractivity contribution in [1.82, 2.24) is 25.5 Å². The number of aryl methyl sites for hydroxylation is 2. The van der Waals surface area contributed by atoms with E-state index < -0.39 is 29.7 Å². The summed E-state index contributed by atoms with van der Waals surface area (Å²) in [5.41, 5.74) is 0.800. The number of aromatic nitrogens is 2. The van der Waals surface area contributed by atoms with Crippen LogP contribution in [0.3, 0.4) is 0 Å². The number of carbonyl (C=O) groups is 2. The summed E-state index contributed by atoms with van der Waals surface area (Å²) in [6, 6.07) is 8.59. The third kappa shape index (κ3) is 7.39. The summed E-state index contributed by atoms with van der Waals surface area (Å²) < 4.78 is 47.0. The SMILES string of the molecule is CNC(=O)c1cc(C(=O)Nc2ncccc2C)c(C)cc1OC(CN1CCN[C@H](C)C1)c1cc(C(F)(F)F)ccn1. The summed E-state index contributed by atoms with van der Waals surface area (Å²) in [7, 11) is 1.44. The van der Waals surface area contributed by atoms with Crippen LogP contribution in [0.1, 0.15) is 56.1 Å². The summed E-state index contributed by atoms with van der Waals surface area (Å²) >= 11 is 0. The van der Waals surface area contributed by atoms with E-state index in [4.69, 9.17) is 4.74 Å². The molecule has 1 saturated heterocycles. The van der Waals surface area contributed by atoms with E-state index in [9.17, 15) is 22.8 Å². The van der Waals surface area contributed by atoms with Crippen LogP contribution >= 0.6 is 0 Å². The summed E-state index contributed by atoms with van der Waals surface area (Å²) in [6.45, 7) is 7.80. The Morgan fingerprint density at radius 2 is 1.88 bits per heavy atom. The molecule has 0 radical (unpaired) electrons. The highest BCUT2D eigenvalue weighted by atomic mass is 19.4. The molecule has 1 aliphatic heterocycles. The van der Waals surface area contributed by atoms with Gasteiger partial charge in [0.1, 0.15) is 11.6 Å². The Balaban J connectivity index is 1.71. The number of pyridine rings is 2. The van der Waals surface area contributed by atoms with Crippen molar-refractivity contribution in [2.75, 3.05) is 38.5 Å². The minimum atomic E-state index is -4.56. The summed E-state index contributed by atoms with van der Waals surface area (Å²) in [5.74, 6) is -0.471.